The molecule has 2 aliphatic rings. The highest BCUT2D eigenvalue weighted by atomic mass is 32.1. The molecule has 2 aromatic heterocycles. The third kappa shape index (κ3) is 3.12. The summed E-state index contributed by atoms with van der Waals surface area (Å²) in [5, 5.41) is 13.9. The predicted octanol–water partition coefficient (Wildman–Crippen LogP) is 6.40. The van der Waals surface area contributed by atoms with Gasteiger partial charge in [0, 0.05) is 46.0 Å². The van der Waals surface area contributed by atoms with Gasteiger partial charge in [0.05, 0.1) is 17.1 Å². The van der Waals surface area contributed by atoms with Crippen LogP contribution < -0.4 is 4.74 Å². The van der Waals surface area contributed by atoms with Gasteiger partial charge < -0.3 is 9.30 Å². The van der Waals surface area contributed by atoms with Gasteiger partial charge in [0.1, 0.15) is 24.0 Å². The van der Waals surface area contributed by atoms with Crippen molar-refractivity contribution in [1.29, 1.82) is 5.26 Å². The molecule has 32 heavy (non-hydrogen) atoms. The number of thiophene rings is 1. The van der Waals surface area contributed by atoms with Crippen LogP contribution in [0, 0.1) is 17.1 Å². The molecule has 2 aromatic carbocycles. The maximum Gasteiger partial charge on any atom is 0.130 e. The van der Waals surface area contributed by atoms with Gasteiger partial charge >= 0.3 is 0 Å². The number of imidazole rings is 1. The van der Waals surface area contributed by atoms with Crippen molar-refractivity contribution >= 4 is 27.9 Å². The first-order valence-electron chi connectivity index (χ1n) is 10.7. The second-order valence-corrected chi connectivity index (χ2v) is 9.25. The van der Waals surface area contributed by atoms with Crippen LogP contribution in [0.5, 0.6) is 5.75 Å². The van der Waals surface area contributed by atoms with E-state index in [1.807, 2.05) is 0 Å². The standard InChI is InChI=1S/C26H20FN3OS/c1-15(10-28)25-20-6-2-16(8-18(20)12-31-24-9-19(27)5-7-21(24)25)11-30-23-14-32-13-22(23)29-26(30)17-3-4-17/h2,5-9,13-14,17H,3-4,11-12H2,1H3/b25-15+. The number of fused-ring (bicyclic) bond motifs is 3. The van der Waals surface area contributed by atoms with Gasteiger partial charge in [-0.25, -0.2) is 9.37 Å². The summed E-state index contributed by atoms with van der Waals surface area (Å²) in [4.78, 5) is 4.88. The van der Waals surface area contributed by atoms with Crippen LogP contribution in [-0.4, -0.2) is 9.55 Å². The van der Waals surface area contributed by atoms with Gasteiger partial charge in [0.2, 0.25) is 0 Å². The molecule has 1 fully saturated rings. The number of nitriles is 1. The van der Waals surface area contributed by atoms with Crippen molar-refractivity contribution in [2.45, 2.75) is 38.8 Å². The molecular weight excluding hydrogens is 421 g/mol. The summed E-state index contributed by atoms with van der Waals surface area (Å²) in [6.07, 6.45) is 2.41. The maximum absolute atomic E-state index is 13.9. The summed E-state index contributed by atoms with van der Waals surface area (Å²) in [7, 11) is 0. The topological polar surface area (TPSA) is 50.8 Å². The average molecular weight is 442 g/mol. The molecule has 1 aliphatic heterocycles. The SMILES string of the molecule is C/C(C#N)=C1/c2ccc(Cn3c(C4CC4)nc4cscc43)cc2COc2cc(F)ccc21. The first-order valence-corrected chi connectivity index (χ1v) is 11.6. The highest BCUT2D eigenvalue weighted by Gasteiger charge is 2.30. The Hall–Kier alpha value is -3.43. The van der Waals surface area contributed by atoms with Gasteiger partial charge in [-0.1, -0.05) is 12.1 Å². The zero-order chi connectivity index (χ0) is 21.8. The fourth-order valence-corrected chi connectivity index (χ4v) is 5.32. The summed E-state index contributed by atoms with van der Waals surface area (Å²) in [6, 6.07) is 13.1. The summed E-state index contributed by atoms with van der Waals surface area (Å²) >= 11 is 1.68. The zero-order valence-electron chi connectivity index (χ0n) is 17.6. The summed E-state index contributed by atoms with van der Waals surface area (Å²) in [6.45, 7) is 2.87. The Balaban J connectivity index is 1.44. The number of ether oxygens (including phenoxy) is 1. The Bertz CT molecular complexity index is 1450. The molecule has 0 bridgehead atoms. The first-order chi connectivity index (χ1) is 15.6. The molecule has 1 saturated carbocycles. The van der Waals surface area contributed by atoms with Crippen molar-refractivity contribution in [2.75, 3.05) is 0 Å². The second-order valence-electron chi connectivity index (χ2n) is 8.51. The number of hydrogen-bond acceptors (Lipinski definition) is 4. The van der Waals surface area contributed by atoms with Crippen molar-refractivity contribution in [2.24, 2.45) is 0 Å². The zero-order valence-corrected chi connectivity index (χ0v) is 18.4. The highest BCUT2D eigenvalue weighted by Crippen LogP contribution is 2.42. The fourth-order valence-electron chi connectivity index (χ4n) is 4.57. The molecule has 4 nitrogen and oxygen atoms in total. The van der Waals surface area contributed by atoms with Gasteiger partial charge in [-0.15, -0.1) is 11.3 Å². The van der Waals surface area contributed by atoms with E-state index in [4.69, 9.17) is 9.72 Å². The van der Waals surface area contributed by atoms with Crippen LogP contribution in [0.2, 0.25) is 0 Å². The highest BCUT2D eigenvalue weighted by molar-refractivity contribution is 7.09. The third-order valence-electron chi connectivity index (χ3n) is 6.29. The largest absolute Gasteiger partial charge is 0.488 e. The number of hydrogen-bond donors (Lipinski definition) is 0. The number of rotatable bonds is 3. The maximum atomic E-state index is 13.9. The molecule has 1 aliphatic carbocycles. The van der Waals surface area contributed by atoms with Crippen LogP contribution in [0.3, 0.4) is 0 Å². The van der Waals surface area contributed by atoms with Crippen molar-refractivity contribution in [3.05, 3.63) is 86.6 Å². The lowest BCUT2D eigenvalue weighted by molar-refractivity contribution is 0.305. The molecule has 3 heterocycles. The molecule has 4 aromatic rings. The molecule has 0 unspecified atom stereocenters. The van der Waals surface area contributed by atoms with Gasteiger partial charge in [0.25, 0.3) is 0 Å². The Morgan fingerprint density at radius 2 is 2.06 bits per heavy atom. The monoisotopic (exact) mass is 441 g/mol. The Morgan fingerprint density at radius 1 is 1.22 bits per heavy atom. The molecular formula is C26H20FN3OS. The number of nitrogens with zero attached hydrogens (tertiary/aromatic N) is 3. The van der Waals surface area contributed by atoms with Crippen molar-refractivity contribution in [1.82, 2.24) is 9.55 Å². The van der Waals surface area contributed by atoms with Crippen LogP contribution in [0.15, 0.2) is 52.7 Å². The van der Waals surface area contributed by atoms with E-state index >= 15 is 0 Å². The third-order valence-corrected chi connectivity index (χ3v) is 7.00. The van der Waals surface area contributed by atoms with Crippen molar-refractivity contribution in [3.63, 3.8) is 0 Å². The van der Waals surface area contributed by atoms with E-state index in [1.54, 1.807) is 24.3 Å². The van der Waals surface area contributed by atoms with Gasteiger partial charge in [0.15, 0.2) is 0 Å². The van der Waals surface area contributed by atoms with Gasteiger partial charge in [-0.05, 0) is 54.7 Å². The number of allylic oxidation sites excluding steroid dienone is 1. The van der Waals surface area contributed by atoms with E-state index in [0.29, 0.717) is 23.8 Å². The Labute approximate surface area is 189 Å². The molecule has 158 valence electrons. The van der Waals surface area contributed by atoms with Crippen molar-refractivity contribution in [3.8, 4) is 11.8 Å². The molecule has 0 saturated heterocycles. The summed E-state index contributed by atoms with van der Waals surface area (Å²) in [5.41, 5.74) is 7.53. The van der Waals surface area contributed by atoms with Gasteiger partial charge in [-0.3, -0.25) is 0 Å². The minimum Gasteiger partial charge on any atom is -0.488 e. The van der Waals surface area contributed by atoms with E-state index in [-0.39, 0.29) is 5.82 Å². The molecule has 0 amide bonds. The normalized spacial score (nSPS) is 16.7. The summed E-state index contributed by atoms with van der Waals surface area (Å²) in [5.74, 6) is 1.86. The van der Waals surface area contributed by atoms with E-state index in [9.17, 15) is 9.65 Å². The lowest BCUT2D eigenvalue weighted by atomic mass is 9.90. The number of aromatic nitrogens is 2. The van der Waals surface area contributed by atoms with Crippen LogP contribution >= 0.6 is 11.3 Å². The number of benzene rings is 2. The van der Waals surface area contributed by atoms with E-state index in [1.165, 1.54) is 36.3 Å². The van der Waals surface area contributed by atoms with Crippen molar-refractivity contribution < 1.29 is 9.13 Å². The Morgan fingerprint density at radius 3 is 2.88 bits per heavy atom. The first kappa shape index (κ1) is 19.3. The average Bonchev–Trinajstić information content (AvgIpc) is 3.48. The molecule has 0 atom stereocenters. The minimum absolute atomic E-state index is 0.328. The molecule has 6 heteroatoms. The molecule has 0 spiro atoms. The molecule has 0 N–H and O–H groups in total. The molecule has 0 radical (unpaired) electrons. The van der Waals surface area contributed by atoms with E-state index < -0.39 is 0 Å². The van der Waals surface area contributed by atoms with E-state index in [2.05, 4.69) is 39.6 Å². The van der Waals surface area contributed by atoms with Crippen LogP contribution in [0.4, 0.5) is 4.39 Å². The minimum atomic E-state index is -0.350. The fraction of sp³-hybridized carbons (Fsp3) is 0.231. The van der Waals surface area contributed by atoms with Crippen LogP contribution in [0.1, 0.15) is 53.8 Å². The van der Waals surface area contributed by atoms with Crippen LogP contribution in [-0.2, 0) is 13.2 Å². The van der Waals surface area contributed by atoms with E-state index in [0.717, 1.165) is 39.9 Å². The number of halogens is 1. The molecule has 6 rings (SSSR count). The smallest absolute Gasteiger partial charge is 0.130 e. The van der Waals surface area contributed by atoms with Crippen LogP contribution in [0.25, 0.3) is 16.6 Å². The Kier molecular flexibility index (Phi) is 4.41. The van der Waals surface area contributed by atoms with Gasteiger partial charge in [-0.2, -0.15) is 5.26 Å². The lowest BCUT2D eigenvalue weighted by Crippen LogP contribution is -2.06. The predicted molar refractivity (Wildman–Crippen MR) is 123 cm³/mol. The quantitative estimate of drug-likeness (QED) is 0.346. The lowest BCUT2D eigenvalue weighted by Gasteiger charge is -2.14. The summed E-state index contributed by atoms with van der Waals surface area (Å²) < 4.78 is 22.2. The second kappa shape index (κ2) is 7.32.